The van der Waals surface area contributed by atoms with Crippen LogP contribution in [-0.4, -0.2) is 21.3 Å². The molecule has 3 heterocycles. The maximum absolute atomic E-state index is 4.72. The summed E-state index contributed by atoms with van der Waals surface area (Å²) >= 11 is 4.60. The largest absolute Gasteiger partial charge is 0.302 e. The van der Waals surface area contributed by atoms with Crippen LogP contribution in [0.15, 0.2) is 30.7 Å². The molecule has 0 spiro atoms. The Balaban J connectivity index is 1.68. The monoisotopic (exact) mass is 340 g/mol. The smallest absolute Gasteiger partial charge is 0.142 e. The summed E-state index contributed by atoms with van der Waals surface area (Å²) in [6.45, 7) is 3.14. The number of hydrogen-bond acceptors (Lipinski definition) is 4. The summed E-state index contributed by atoms with van der Waals surface area (Å²) in [6.07, 6.45) is 13.4. The molecule has 5 heteroatoms. The molecule has 1 aliphatic heterocycles. The molecule has 0 fully saturated rings. The summed E-state index contributed by atoms with van der Waals surface area (Å²) in [6, 6.07) is 2.33. The van der Waals surface area contributed by atoms with E-state index in [1.807, 2.05) is 28.4 Å². The van der Waals surface area contributed by atoms with Gasteiger partial charge in [-0.1, -0.05) is 32.2 Å². The number of aromatic nitrogens is 3. The molecule has 126 valence electrons. The Bertz CT molecular complexity index is 779. The Labute approximate surface area is 149 Å². The summed E-state index contributed by atoms with van der Waals surface area (Å²) in [5.41, 5.74) is 5.24. The zero-order valence-electron chi connectivity index (χ0n) is 14.3. The third kappa shape index (κ3) is 2.75. The molecule has 0 saturated heterocycles. The quantitative estimate of drug-likeness (QED) is 0.850. The SMILES string of the molecule is CCC1CC=C(c2cnc3c(c2)C(c2cnn(C)c2)CN3S)CC1. The number of aryl methyl sites for hydroxylation is 1. The molecule has 2 atom stereocenters. The van der Waals surface area contributed by atoms with E-state index < -0.39 is 0 Å². The van der Waals surface area contributed by atoms with Gasteiger partial charge in [-0.15, -0.1) is 0 Å². The lowest BCUT2D eigenvalue weighted by Crippen LogP contribution is -2.10. The lowest BCUT2D eigenvalue weighted by molar-refractivity contribution is 0.470. The molecule has 4 rings (SSSR count). The molecule has 0 bridgehead atoms. The molecule has 1 aliphatic carbocycles. The number of thiol groups is 1. The Morgan fingerprint density at radius 2 is 2.21 bits per heavy atom. The highest BCUT2D eigenvalue weighted by molar-refractivity contribution is 7.81. The van der Waals surface area contributed by atoms with E-state index in [1.165, 1.54) is 47.9 Å². The first-order valence-corrected chi connectivity index (χ1v) is 9.20. The van der Waals surface area contributed by atoms with E-state index in [-0.39, 0.29) is 0 Å². The van der Waals surface area contributed by atoms with Gasteiger partial charge in [0.25, 0.3) is 0 Å². The van der Waals surface area contributed by atoms with E-state index in [2.05, 4.69) is 43.2 Å². The summed E-state index contributed by atoms with van der Waals surface area (Å²) in [5.74, 6) is 2.14. The second-order valence-corrected chi connectivity index (χ2v) is 7.48. The van der Waals surface area contributed by atoms with Crippen LogP contribution in [0.4, 0.5) is 5.82 Å². The van der Waals surface area contributed by atoms with Gasteiger partial charge >= 0.3 is 0 Å². The standard InChI is InChI=1S/C19H24N4S/c1-3-13-4-6-14(7-5-13)15-8-17-18(16-10-21-22(2)11-16)12-23(24)19(17)20-9-15/h6,8-11,13,18,24H,3-5,7,12H2,1-2H3. The van der Waals surface area contributed by atoms with E-state index in [1.54, 1.807) is 0 Å². The molecular weight excluding hydrogens is 316 g/mol. The molecule has 2 unspecified atom stereocenters. The van der Waals surface area contributed by atoms with Crippen LogP contribution >= 0.6 is 12.8 Å². The highest BCUT2D eigenvalue weighted by Crippen LogP contribution is 2.41. The number of fused-ring (bicyclic) bond motifs is 1. The number of pyridine rings is 1. The Morgan fingerprint density at radius 1 is 1.33 bits per heavy atom. The molecule has 24 heavy (non-hydrogen) atoms. The highest BCUT2D eigenvalue weighted by Gasteiger charge is 2.31. The van der Waals surface area contributed by atoms with Gasteiger partial charge in [-0.05, 0) is 47.9 Å². The van der Waals surface area contributed by atoms with E-state index >= 15 is 0 Å². The highest BCUT2D eigenvalue weighted by atomic mass is 32.1. The molecule has 0 saturated carbocycles. The van der Waals surface area contributed by atoms with Crippen molar-refractivity contribution in [3.63, 3.8) is 0 Å². The minimum absolute atomic E-state index is 0.297. The van der Waals surface area contributed by atoms with Crippen molar-refractivity contribution in [3.8, 4) is 0 Å². The minimum atomic E-state index is 0.297. The predicted molar refractivity (Wildman–Crippen MR) is 101 cm³/mol. The molecule has 0 amide bonds. The first-order valence-electron chi connectivity index (χ1n) is 8.80. The van der Waals surface area contributed by atoms with Gasteiger partial charge in [0, 0.05) is 37.5 Å². The second kappa shape index (κ2) is 6.28. The average molecular weight is 340 g/mol. The Kier molecular flexibility index (Phi) is 4.12. The maximum Gasteiger partial charge on any atom is 0.142 e. The number of anilines is 1. The third-order valence-corrected chi connectivity index (χ3v) is 5.82. The molecule has 0 aromatic carbocycles. The van der Waals surface area contributed by atoms with E-state index in [4.69, 9.17) is 4.98 Å². The fraction of sp³-hybridized carbons (Fsp3) is 0.474. The molecule has 0 radical (unpaired) electrons. The van der Waals surface area contributed by atoms with Gasteiger partial charge in [0.2, 0.25) is 0 Å². The fourth-order valence-corrected chi connectivity index (χ4v) is 4.24. The van der Waals surface area contributed by atoms with Crippen LogP contribution in [0.25, 0.3) is 5.57 Å². The van der Waals surface area contributed by atoms with Crippen LogP contribution in [0.3, 0.4) is 0 Å². The van der Waals surface area contributed by atoms with Crippen molar-refractivity contribution in [2.24, 2.45) is 13.0 Å². The minimum Gasteiger partial charge on any atom is -0.302 e. The number of nitrogens with zero attached hydrogens (tertiary/aromatic N) is 4. The van der Waals surface area contributed by atoms with E-state index in [0.717, 1.165) is 18.3 Å². The van der Waals surface area contributed by atoms with Crippen molar-refractivity contribution in [2.75, 3.05) is 10.8 Å². The maximum atomic E-state index is 4.72. The first kappa shape index (κ1) is 15.8. The van der Waals surface area contributed by atoms with Crippen molar-refractivity contribution in [2.45, 2.75) is 38.5 Å². The van der Waals surface area contributed by atoms with Gasteiger partial charge in [-0.3, -0.25) is 4.68 Å². The van der Waals surface area contributed by atoms with Gasteiger partial charge in [0.15, 0.2) is 0 Å². The van der Waals surface area contributed by atoms with Gasteiger partial charge in [0.1, 0.15) is 5.82 Å². The van der Waals surface area contributed by atoms with Crippen molar-refractivity contribution in [1.82, 2.24) is 14.8 Å². The summed E-state index contributed by atoms with van der Waals surface area (Å²) < 4.78 is 3.82. The Hall–Kier alpha value is -1.75. The van der Waals surface area contributed by atoms with Crippen molar-refractivity contribution < 1.29 is 0 Å². The van der Waals surface area contributed by atoms with Crippen LogP contribution < -0.4 is 4.31 Å². The number of rotatable bonds is 3. The molecule has 2 aromatic rings. The van der Waals surface area contributed by atoms with Crippen LogP contribution in [0.2, 0.25) is 0 Å². The molecule has 2 aliphatic rings. The number of allylic oxidation sites excluding steroid dienone is 2. The fourth-order valence-electron chi connectivity index (χ4n) is 3.91. The lowest BCUT2D eigenvalue weighted by atomic mass is 9.85. The van der Waals surface area contributed by atoms with Crippen LogP contribution in [0.5, 0.6) is 0 Å². The van der Waals surface area contributed by atoms with Crippen LogP contribution in [-0.2, 0) is 7.05 Å². The van der Waals surface area contributed by atoms with Crippen LogP contribution in [0, 0.1) is 5.92 Å². The van der Waals surface area contributed by atoms with Gasteiger partial charge in [0.05, 0.1) is 6.20 Å². The van der Waals surface area contributed by atoms with E-state index in [9.17, 15) is 0 Å². The topological polar surface area (TPSA) is 34.0 Å². The van der Waals surface area contributed by atoms with Crippen molar-refractivity contribution in [3.05, 3.63) is 47.4 Å². The molecular formula is C19H24N4S. The predicted octanol–water partition coefficient (Wildman–Crippen LogP) is 4.21. The third-order valence-electron chi connectivity index (χ3n) is 5.47. The normalized spacial score (nSPS) is 23.3. The summed E-state index contributed by atoms with van der Waals surface area (Å²) in [4.78, 5) is 4.72. The van der Waals surface area contributed by atoms with Gasteiger partial charge < -0.3 is 4.31 Å². The second-order valence-electron chi connectivity index (χ2n) is 7.00. The first-order chi connectivity index (χ1) is 11.7. The van der Waals surface area contributed by atoms with Gasteiger partial charge in [-0.2, -0.15) is 5.10 Å². The van der Waals surface area contributed by atoms with Crippen molar-refractivity contribution >= 4 is 24.2 Å². The molecule has 2 aromatic heterocycles. The van der Waals surface area contributed by atoms with Crippen molar-refractivity contribution in [1.29, 1.82) is 0 Å². The molecule has 0 N–H and O–H groups in total. The Morgan fingerprint density at radius 3 is 2.88 bits per heavy atom. The zero-order chi connectivity index (χ0) is 16.7. The average Bonchev–Trinajstić information content (AvgIpc) is 3.18. The van der Waals surface area contributed by atoms with Crippen LogP contribution in [0.1, 0.15) is 55.2 Å². The number of hydrogen-bond donors (Lipinski definition) is 1. The summed E-state index contributed by atoms with van der Waals surface area (Å²) in [7, 11) is 1.96. The van der Waals surface area contributed by atoms with Gasteiger partial charge in [-0.25, -0.2) is 4.98 Å². The summed E-state index contributed by atoms with van der Waals surface area (Å²) in [5, 5.41) is 4.33. The molecule has 4 nitrogen and oxygen atoms in total. The lowest BCUT2D eigenvalue weighted by Gasteiger charge is -2.21. The zero-order valence-corrected chi connectivity index (χ0v) is 15.2. The van der Waals surface area contributed by atoms with E-state index in [0.29, 0.717) is 5.92 Å².